The zero-order valence-corrected chi connectivity index (χ0v) is 17.4. The average molecular weight is 407 g/mol. The summed E-state index contributed by atoms with van der Waals surface area (Å²) in [6.07, 6.45) is 0. The smallest absolute Gasteiger partial charge is 0.282 e. The number of hydrogen-bond donors (Lipinski definition) is 0. The molecule has 2 amide bonds. The number of amides is 2. The van der Waals surface area contributed by atoms with Crippen LogP contribution in [-0.4, -0.2) is 69.1 Å². The molecule has 0 spiro atoms. The van der Waals surface area contributed by atoms with Crippen LogP contribution in [0.3, 0.4) is 0 Å². The van der Waals surface area contributed by atoms with E-state index in [1.165, 1.54) is 4.90 Å². The Labute approximate surface area is 176 Å². The maximum Gasteiger partial charge on any atom is 0.282 e. The van der Waals surface area contributed by atoms with E-state index in [1.807, 2.05) is 23.1 Å². The molecule has 2 aliphatic heterocycles. The van der Waals surface area contributed by atoms with Crippen LogP contribution >= 0.6 is 0 Å². The van der Waals surface area contributed by atoms with E-state index in [9.17, 15) is 9.59 Å². The van der Waals surface area contributed by atoms with Gasteiger partial charge in [0.05, 0.1) is 25.5 Å². The lowest BCUT2D eigenvalue weighted by Crippen LogP contribution is -2.46. The second-order valence-electron chi connectivity index (χ2n) is 7.36. The number of carbonyl (C=O) groups excluding carboxylic acids is 2. The molecular weight excluding hydrogens is 382 g/mol. The summed E-state index contributed by atoms with van der Waals surface area (Å²) in [5.41, 5.74) is 1.92. The van der Waals surface area contributed by atoms with Crippen LogP contribution in [-0.2, 0) is 9.59 Å². The Morgan fingerprint density at radius 2 is 1.57 bits per heavy atom. The van der Waals surface area contributed by atoms with Gasteiger partial charge in [0.25, 0.3) is 11.8 Å². The molecule has 0 N–H and O–H groups in total. The summed E-state index contributed by atoms with van der Waals surface area (Å²) >= 11 is 0. The molecule has 4 rings (SSSR count). The van der Waals surface area contributed by atoms with Gasteiger partial charge in [0.2, 0.25) is 0 Å². The number of rotatable bonds is 5. The molecule has 0 aromatic heterocycles. The first-order valence-electron chi connectivity index (χ1n) is 9.89. The minimum atomic E-state index is -0.355. The molecule has 0 saturated carbocycles. The fourth-order valence-corrected chi connectivity index (χ4v) is 3.92. The minimum Gasteiger partial charge on any atom is -0.497 e. The topological polar surface area (TPSA) is 62.3 Å². The molecule has 0 aliphatic carbocycles. The normalized spacial score (nSPS) is 17.7. The maximum absolute atomic E-state index is 13.6. The van der Waals surface area contributed by atoms with E-state index in [0.717, 1.165) is 13.1 Å². The van der Waals surface area contributed by atoms with Crippen LogP contribution in [0.1, 0.15) is 5.56 Å². The van der Waals surface area contributed by atoms with Crippen LogP contribution in [0.5, 0.6) is 11.5 Å². The van der Waals surface area contributed by atoms with E-state index < -0.39 is 0 Å². The monoisotopic (exact) mass is 407 g/mol. The van der Waals surface area contributed by atoms with Crippen LogP contribution in [0.25, 0.3) is 5.57 Å². The molecule has 30 heavy (non-hydrogen) atoms. The Hall–Kier alpha value is -3.32. The summed E-state index contributed by atoms with van der Waals surface area (Å²) in [7, 11) is 5.17. The number of hydrogen-bond acceptors (Lipinski definition) is 6. The van der Waals surface area contributed by atoms with E-state index in [2.05, 4.69) is 11.9 Å². The summed E-state index contributed by atoms with van der Waals surface area (Å²) in [5.74, 6) is 0.471. The van der Waals surface area contributed by atoms with E-state index in [4.69, 9.17) is 9.47 Å². The minimum absolute atomic E-state index is 0.321. The molecule has 1 fully saturated rings. The molecular formula is C23H25N3O4. The molecule has 2 aromatic rings. The van der Waals surface area contributed by atoms with Gasteiger partial charge < -0.3 is 19.3 Å². The number of imide groups is 1. The van der Waals surface area contributed by atoms with Crippen molar-refractivity contribution in [2.24, 2.45) is 0 Å². The zero-order valence-electron chi connectivity index (χ0n) is 17.4. The second-order valence-corrected chi connectivity index (χ2v) is 7.36. The number of methoxy groups -OCH3 is 2. The SMILES string of the molecule is COc1cccc(N2C(=O)C(c3ccccc3OC)=C(N3CCN(C)CC3)C2=O)c1. The number of anilines is 1. The quantitative estimate of drug-likeness (QED) is 0.709. The van der Waals surface area contributed by atoms with Gasteiger partial charge in [-0.15, -0.1) is 0 Å². The third kappa shape index (κ3) is 3.41. The van der Waals surface area contributed by atoms with Crippen molar-refractivity contribution in [1.82, 2.24) is 9.80 Å². The highest BCUT2D eigenvalue weighted by Gasteiger charge is 2.43. The van der Waals surface area contributed by atoms with Gasteiger partial charge in [0, 0.05) is 37.8 Å². The Morgan fingerprint density at radius 3 is 2.27 bits per heavy atom. The molecule has 7 heteroatoms. The Balaban J connectivity index is 1.84. The van der Waals surface area contributed by atoms with Gasteiger partial charge in [-0.2, -0.15) is 0 Å². The van der Waals surface area contributed by atoms with Gasteiger partial charge in [-0.3, -0.25) is 9.59 Å². The third-order valence-electron chi connectivity index (χ3n) is 5.57. The summed E-state index contributed by atoms with van der Waals surface area (Å²) in [6.45, 7) is 3.00. The summed E-state index contributed by atoms with van der Waals surface area (Å²) in [6, 6.07) is 14.3. The molecule has 0 atom stereocenters. The fraction of sp³-hybridized carbons (Fsp3) is 0.304. The van der Waals surface area contributed by atoms with Gasteiger partial charge in [-0.05, 0) is 25.2 Å². The predicted molar refractivity (Wildman–Crippen MR) is 114 cm³/mol. The van der Waals surface area contributed by atoms with Crippen molar-refractivity contribution in [3.63, 3.8) is 0 Å². The number of ether oxygens (including phenoxy) is 2. The number of nitrogens with zero attached hydrogens (tertiary/aromatic N) is 3. The van der Waals surface area contributed by atoms with Crippen molar-refractivity contribution in [3.8, 4) is 11.5 Å². The summed E-state index contributed by atoms with van der Waals surface area (Å²) in [4.78, 5) is 32.7. The van der Waals surface area contributed by atoms with Gasteiger partial charge >= 0.3 is 0 Å². The van der Waals surface area contributed by atoms with Crippen molar-refractivity contribution in [2.75, 3.05) is 52.3 Å². The first kappa shape index (κ1) is 20.0. The molecule has 0 unspecified atom stereocenters. The van der Waals surface area contributed by atoms with Gasteiger partial charge in [-0.25, -0.2) is 4.90 Å². The molecule has 2 heterocycles. The lowest BCUT2D eigenvalue weighted by molar-refractivity contribution is -0.120. The highest BCUT2D eigenvalue weighted by molar-refractivity contribution is 6.45. The Bertz CT molecular complexity index is 1010. The van der Waals surface area contributed by atoms with Crippen molar-refractivity contribution >= 4 is 23.1 Å². The molecule has 7 nitrogen and oxygen atoms in total. The van der Waals surface area contributed by atoms with Crippen molar-refractivity contribution in [1.29, 1.82) is 0 Å². The van der Waals surface area contributed by atoms with Crippen molar-refractivity contribution < 1.29 is 19.1 Å². The Kier molecular flexibility index (Phi) is 5.46. The third-order valence-corrected chi connectivity index (χ3v) is 5.57. The van der Waals surface area contributed by atoms with Gasteiger partial charge in [-0.1, -0.05) is 24.3 Å². The van der Waals surface area contributed by atoms with Crippen LogP contribution < -0.4 is 14.4 Å². The molecule has 2 aromatic carbocycles. The van der Waals surface area contributed by atoms with Crippen molar-refractivity contribution in [2.45, 2.75) is 0 Å². The number of piperazine rings is 1. The lowest BCUT2D eigenvalue weighted by atomic mass is 10.0. The first-order chi connectivity index (χ1) is 14.5. The number of benzene rings is 2. The van der Waals surface area contributed by atoms with Gasteiger partial charge in [0.15, 0.2) is 0 Å². The predicted octanol–water partition coefficient (Wildman–Crippen LogP) is 2.24. The van der Waals surface area contributed by atoms with Gasteiger partial charge in [0.1, 0.15) is 17.2 Å². The highest BCUT2D eigenvalue weighted by Crippen LogP contribution is 2.39. The average Bonchev–Trinajstić information content (AvgIpc) is 3.04. The number of para-hydroxylation sites is 1. The lowest BCUT2D eigenvalue weighted by Gasteiger charge is -2.34. The highest BCUT2D eigenvalue weighted by atomic mass is 16.5. The molecule has 0 radical (unpaired) electrons. The molecule has 2 aliphatic rings. The number of likely N-dealkylation sites (N-methyl/N-ethyl adjacent to an activating group) is 1. The summed E-state index contributed by atoms with van der Waals surface area (Å²) < 4.78 is 10.8. The maximum atomic E-state index is 13.6. The molecule has 156 valence electrons. The Morgan fingerprint density at radius 1 is 0.833 bits per heavy atom. The fourth-order valence-electron chi connectivity index (χ4n) is 3.92. The largest absolute Gasteiger partial charge is 0.497 e. The van der Waals surface area contributed by atoms with Crippen LogP contribution in [0.2, 0.25) is 0 Å². The van der Waals surface area contributed by atoms with E-state index in [1.54, 1.807) is 44.6 Å². The summed E-state index contributed by atoms with van der Waals surface area (Å²) in [5, 5.41) is 0. The molecule has 0 bridgehead atoms. The van der Waals surface area contributed by atoms with Crippen LogP contribution in [0.15, 0.2) is 54.2 Å². The van der Waals surface area contributed by atoms with Crippen LogP contribution in [0.4, 0.5) is 5.69 Å². The second kappa shape index (κ2) is 8.20. The zero-order chi connectivity index (χ0) is 21.3. The molecule has 1 saturated heterocycles. The van der Waals surface area contributed by atoms with E-state index in [-0.39, 0.29) is 11.8 Å². The first-order valence-corrected chi connectivity index (χ1v) is 9.89. The van der Waals surface area contributed by atoms with Crippen LogP contribution in [0, 0.1) is 0 Å². The van der Waals surface area contributed by atoms with E-state index >= 15 is 0 Å². The standard InChI is InChI=1S/C23H25N3O4/c1-24-11-13-25(14-12-24)21-20(18-9-4-5-10-19(18)30-3)22(27)26(23(21)28)16-7-6-8-17(15-16)29-2/h4-10,15H,11-14H2,1-3H3. The number of carbonyl (C=O) groups is 2. The van der Waals surface area contributed by atoms with Crippen molar-refractivity contribution in [3.05, 3.63) is 59.8 Å². The van der Waals surface area contributed by atoms with E-state index in [0.29, 0.717) is 47.1 Å².